The third-order valence-electron chi connectivity index (χ3n) is 6.22. The Labute approximate surface area is 179 Å². The first-order valence-electron chi connectivity index (χ1n) is 10.5. The van der Waals surface area contributed by atoms with E-state index in [4.69, 9.17) is 4.43 Å². The molecule has 0 saturated carbocycles. The molecule has 1 fully saturated rings. The molecule has 2 heterocycles. The number of nitrogens with zero attached hydrogens (tertiary/aromatic N) is 2. The van der Waals surface area contributed by atoms with Crippen molar-refractivity contribution in [3.8, 4) is 5.75 Å². The Morgan fingerprint density at radius 1 is 1.13 bits per heavy atom. The highest BCUT2D eigenvalue weighted by atomic mass is 28.4. The van der Waals surface area contributed by atoms with Gasteiger partial charge in [-0.3, -0.25) is 4.79 Å². The Morgan fingerprint density at radius 3 is 2.30 bits per heavy atom. The third-order valence-corrected chi connectivity index (χ3v) is 10.6. The summed E-state index contributed by atoms with van der Waals surface area (Å²) in [5.41, 5.74) is 0.995. The smallest absolute Gasteiger partial charge is 0.250 e. The van der Waals surface area contributed by atoms with Gasteiger partial charge in [0.1, 0.15) is 17.4 Å². The lowest BCUT2D eigenvalue weighted by Crippen LogP contribution is -2.43. The van der Waals surface area contributed by atoms with Crippen molar-refractivity contribution in [2.45, 2.75) is 51.7 Å². The maximum absolute atomic E-state index is 13.1. The second-order valence-corrected chi connectivity index (χ2v) is 14.2. The van der Waals surface area contributed by atoms with Crippen LogP contribution in [0.5, 0.6) is 5.75 Å². The van der Waals surface area contributed by atoms with E-state index < -0.39 is 8.32 Å². The molecule has 5 nitrogen and oxygen atoms in total. The van der Waals surface area contributed by atoms with E-state index in [-0.39, 0.29) is 22.7 Å². The molecule has 1 aliphatic heterocycles. The second kappa shape index (κ2) is 8.76. The molecule has 0 unspecified atom stereocenters. The van der Waals surface area contributed by atoms with Crippen LogP contribution in [0.2, 0.25) is 18.1 Å². The molecular weight excluding hydrogens is 397 g/mol. The van der Waals surface area contributed by atoms with E-state index in [0.29, 0.717) is 5.82 Å². The van der Waals surface area contributed by atoms with Crippen molar-refractivity contribution in [1.29, 1.82) is 0 Å². The second-order valence-electron chi connectivity index (χ2n) is 9.47. The number of hydrogen-bond acceptors (Lipinski definition) is 4. The van der Waals surface area contributed by atoms with Crippen molar-refractivity contribution in [2.75, 3.05) is 23.3 Å². The number of nitrogens with one attached hydrogen (secondary N) is 1. The van der Waals surface area contributed by atoms with Crippen LogP contribution >= 0.6 is 0 Å². The van der Waals surface area contributed by atoms with Crippen LogP contribution in [-0.2, 0) is 4.79 Å². The van der Waals surface area contributed by atoms with Crippen molar-refractivity contribution >= 4 is 25.7 Å². The Morgan fingerprint density at radius 2 is 1.77 bits per heavy atom. The summed E-state index contributed by atoms with van der Waals surface area (Å²) in [5, 5.41) is 3.05. The first-order valence-corrected chi connectivity index (χ1v) is 13.4. The van der Waals surface area contributed by atoms with Gasteiger partial charge in [0.25, 0.3) is 8.32 Å². The molecule has 1 aromatic carbocycles. The molecule has 1 amide bonds. The Bertz CT molecular complexity index is 856. The van der Waals surface area contributed by atoms with Crippen molar-refractivity contribution in [3.05, 3.63) is 48.4 Å². The fourth-order valence-electron chi connectivity index (χ4n) is 3.24. The summed E-state index contributed by atoms with van der Waals surface area (Å²) in [6.07, 6.45) is 3.21. The number of amides is 1. The number of piperidine rings is 1. The standard InChI is InChI=1S/C23H32FN3O2Si/c1-23(2,3)30(4,5)29-20-10-11-21(25-16-20)26-22(28)17-12-14-27(15-13-17)19-8-6-18(24)7-9-19/h6-11,16-17H,12-15H2,1-5H3,(H,25,26,28). The Balaban J connectivity index is 1.52. The largest absolute Gasteiger partial charge is 0.542 e. The summed E-state index contributed by atoms with van der Waals surface area (Å²) in [7, 11) is -1.91. The number of aromatic nitrogens is 1. The molecule has 0 bridgehead atoms. The number of benzene rings is 1. The van der Waals surface area contributed by atoms with Gasteiger partial charge in [0, 0.05) is 24.7 Å². The number of anilines is 2. The van der Waals surface area contributed by atoms with Gasteiger partial charge in [0.2, 0.25) is 5.91 Å². The number of carbonyl (C=O) groups excluding carboxylic acids is 1. The highest BCUT2D eigenvalue weighted by molar-refractivity contribution is 6.74. The third kappa shape index (κ3) is 5.39. The van der Waals surface area contributed by atoms with E-state index in [1.54, 1.807) is 24.4 Å². The maximum Gasteiger partial charge on any atom is 0.250 e. The van der Waals surface area contributed by atoms with Crippen LogP contribution in [0.1, 0.15) is 33.6 Å². The number of carbonyl (C=O) groups is 1. The summed E-state index contributed by atoms with van der Waals surface area (Å²) < 4.78 is 19.3. The average Bonchev–Trinajstić information content (AvgIpc) is 2.69. The molecule has 0 atom stereocenters. The van der Waals surface area contributed by atoms with Crippen LogP contribution in [0.4, 0.5) is 15.9 Å². The van der Waals surface area contributed by atoms with Crippen LogP contribution in [0.15, 0.2) is 42.6 Å². The summed E-state index contributed by atoms with van der Waals surface area (Å²) in [4.78, 5) is 19.2. The Hall–Kier alpha value is -2.41. The minimum Gasteiger partial charge on any atom is -0.542 e. The highest BCUT2D eigenvalue weighted by Gasteiger charge is 2.39. The van der Waals surface area contributed by atoms with Crippen molar-refractivity contribution in [3.63, 3.8) is 0 Å². The van der Waals surface area contributed by atoms with E-state index in [2.05, 4.69) is 49.1 Å². The zero-order valence-electron chi connectivity index (χ0n) is 18.5. The van der Waals surface area contributed by atoms with E-state index in [0.717, 1.165) is 37.4 Å². The summed E-state index contributed by atoms with van der Waals surface area (Å²) in [6.45, 7) is 12.5. The van der Waals surface area contributed by atoms with Crippen molar-refractivity contribution < 1.29 is 13.6 Å². The lowest BCUT2D eigenvalue weighted by atomic mass is 9.95. The molecule has 0 radical (unpaired) electrons. The molecular formula is C23H32FN3O2Si. The van der Waals surface area contributed by atoms with Crippen LogP contribution in [0, 0.1) is 11.7 Å². The minimum absolute atomic E-state index is 0.000629. The van der Waals surface area contributed by atoms with Crippen LogP contribution in [-0.4, -0.2) is 32.3 Å². The predicted octanol–water partition coefficient (Wildman–Crippen LogP) is 5.46. The fourth-order valence-corrected chi connectivity index (χ4v) is 4.26. The van der Waals surface area contributed by atoms with Gasteiger partial charge >= 0.3 is 0 Å². The predicted molar refractivity (Wildman–Crippen MR) is 122 cm³/mol. The first-order chi connectivity index (χ1) is 14.0. The quantitative estimate of drug-likeness (QED) is 0.641. The van der Waals surface area contributed by atoms with Gasteiger partial charge in [-0.15, -0.1) is 0 Å². The van der Waals surface area contributed by atoms with E-state index in [9.17, 15) is 9.18 Å². The van der Waals surface area contributed by atoms with E-state index in [1.807, 2.05) is 6.07 Å². The lowest BCUT2D eigenvalue weighted by Gasteiger charge is -2.36. The topological polar surface area (TPSA) is 54.5 Å². The van der Waals surface area contributed by atoms with Gasteiger partial charge < -0.3 is 14.6 Å². The minimum atomic E-state index is -1.91. The molecule has 2 aromatic rings. The number of halogens is 1. The van der Waals surface area contributed by atoms with Gasteiger partial charge in [0.15, 0.2) is 0 Å². The first kappa shape index (κ1) is 22.3. The van der Waals surface area contributed by atoms with Gasteiger partial charge in [-0.25, -0.2) is 9.37 Å². The fraction of sp³-hybridized carbons (Fsp3) is 0.478. The molecule has 162 valence electrons. The van der Waals surface area contributed by atoms with Gasteiger partial charge in [-0.2, -0.15) is 0 Å². The van der Waals surface area contributed by atoms with Gasteiger partial charge in [-0.05, 0) is 67.4 Å². The molecule has 1 saturated heterocycles. The van der Waals surface area contributed by atoms with E-state index in [1.165, 1.54) is 12.1 Å². The molecule has 0 aliphatic carbocycles. The summed E-state index contributed by atoms with van der Waals surface area (Å²) in [5.74, 6) is 1.00. The normalized spacial score (nSPS) is 15.7. The molecule has 1 N–H and O–H groups in total. The zero-order chi connectivity index (χ0) is 21.9. The average molecular weight is 430 g/mol. The molecule has 30 heavy (non-hydrogen) atoms. The molecule has 0 spiro atoms. The zero-order valence-corrected chi connectivity index (χ0v) is 19.5. The Kier molecular flexibility index (Phi) is 6.50. The summed E-state index contributed by atoms with van der Waals surface area (Å²) in [6, 6.07) is 10.2. The molecule has 7 heteroatoms. The van der Waals surface area contributed by atoms with E-state index >= 15 is 0 Å². The van der Waals surface area contributed by atoms with Crippen LogP contribution in [0.3, 0.4) is 0 Å². The van der Waals surface area contributed by atoms with Crippen molar-refractivity contribution in [2.24, 2.45) is 5.92 Å². The molecule has 1 aromatic heterocycles. The monoisotopic (exact) mass is 429 g/mol. The summed E-state index contributed by atoms with van der Waals surface area (Å²) >= 11 is 0. The maximum atomic E-state index is 13.1. The van der Waals surface area contributed by atoms with Crippen molar-refractivity contribution in [1.82, 2.24) is 4.98 Å². The lowest BCUT2D eigenvalue weighted by molar-refractivity contribution is -0.120. The SMILES string of the molecule is CC(C)(C)[Si](C)(C)Oc1ccc(NC(=O)C2CCN(c3ccc(F)cc3)CC2)nc1. The van der Waals surface area contributed by atoms with Gasteiger partial charge in [-0.1, -0.05) is 20.8 Å². The van der Waals surface area contributed by atoms with Crippen LogP contribution < -0.4 is 14.6 Å². The highest BCUT2D eigenvalue weighted by Crippen LogP contribution is 2.37. The number of rotatable bonds is 5. The molecule has 3 rings (SSSR count). The van der Waals surface area contributed by atoms with Gasteiger partial charge in [0.05, 0.1) is 6.20 Å². The number of pyridine rings is 1. The molecule has 1 aliphatic rings. The van der Waals surface area contributed by atoms with Crippen LogP contribution in [0.25, 0.3) is 0 Å². The number of hydrogen-bond donors (Lipinski definition) is 1.